The van der Waals surface area contributed by atoms with E-state index in [0.717, 1.165) is 0 Å². The van der Waals surface area contributed by atoms with Gasteiger partial charge in [0.15, 0.2) is 0 Å². The van der Waals surface area contributed by atoms with Gasteiger partial charge in [-0.25, -0.2) is 13.1 Å². The summed E-state index contributed by atoms with van der Waals surface area (Å²) in [4.78, 5) is 0.151. The van der Waals surface area contributed by atoms with Gasteiger partial charge in [-0.2, -0.15) is 0 Å². The van der Waals surface area contributed by atoms with E-state index in [-0.39, 0.29) is 16.6 Å². The standard InChI is InChI=1S/C12H17ClN2O3S/c1-8-6-10(7-11(14)12(8)13)19(16,17)15-9-2-4-18-5-3-9/h6-7,9,15H,2-5,14H2,1H3. The van der Waals surface area contributed by atoms with Gasteiger partial charge < -0.3 is 10.5 Å². The highest BCUT2D eigenvalue weighted by molar-refractivity contribution is 7.89. The molecule has 0 unspecified atom stereocenters. The summed E-state index contributed by atoms with van der Waals surface area (Å²) in [5, 5.41) is 0.394. The molecular weight excluding hydrogens is 288 g/mol. The molecule has 1 saturated heterocycles. The summed E-state index contributed by atoms with van der Waals surface area (Å²) in [5.41, 5.74) is 6.63. The van der Waals surface area contributed by atoms with E-state index in [0.29, 0.717) is 36.6 Å². The fraction of sp³-hybridized carbons (Fsp3) is 0.500. The smallest absolute Gasteiger partial charge is 0.240 e. The summed E-state index contributed by atoms with van der Waals surface area (Å²) >= 11 is 5.93. The van der Waals surface area contributed by atoms with Crippen LogP contribution in [0.3, 0.4) is 0 Å². The molecule has 1 aromatic carbocycles. The summed E-state index contributed by atoms with van der Waals surface area (Å²) in [6.45, 7) is 2.89. The zero-order valence-corrected chi connectivity index (χ0v) is 12.2. The van der Waals surface area contributed by atoms with Gasteiger partial charge in [-0.15, -0.1) is 0 Å². The van der Waals surface area contributed by atoms with Gasteiger partial charge in [-0.3, -0.25) is 0 Å². The minimum Gasteiger partial charge on any atom is -0.397 e. The van der Waals surface area contributed by atoms with Gasteiger partial charge in [0.2, 0.25) is 10.0 Å². The third-order valence-electron chi connectivity index (χ3n) is 3.11. The predicted molar refractivity (Wildman–Crippen MR) is 74.8 cm³/mol. The Labute approximate surface area is 118 Å². The topological polar surface area (TPSA) is 81.4 Å². The highest BCUT2D eigenvalue weighted by Gasteiger charge is 2.23. The second-order valence-electron chi connectivity index (χ2n) is 4.65. The summed E-state index contributed by atoms with van der Waals surface area (Å²) in [7, 11) is -3.57. The minimum atomic E-state index is -3.57. The maximum Gasteiger partial charge on any atom is 0.240 e. The first-order chi connectivity index (χ1) is 8.90. The number of nitrogen functional groups attached to an aromatic ring is 1. The SMILES string of the molecule is Cc1cc(S(=O)(=O)NC2CCOCC2)cc(N)c1Cl. The van der Waals surface area contributed by atoms with Gasteiger partial charge in [-0.05, 0) is 37.5 Å². The second-order valence-corrected chi connectivity index (χ2v) is 6.74. The highest BCUT2D eigenvalue weighted by atomic mass is 35.5. The first-order valence-corrected chi connectivity index (χ1v) is 7.92. The molecule has 0 aromatic heterocycles. The fourth-order valence-corrected chi connectivity index (χ4v) is 3.55. The van der Waals surface area contributed by atoms with Crippen molar-refractivity contribution in [1.29, 1.82) is 0 Å². The lowest BCUT2D eigenvalue weighted by Crippen LogP contribution is -2.38. The van der Waals surface area contributed by atoms with Gasteiger partial charge in [0, 0.05) is 19.3 Å². The molecule has 1 aliphatic rings. The Morgan fingerprint density at radius 3 is 2.58 bits per heavy atom. The van der Waals surface area contributed by atoms with E-state index < -0.39 is 10.0 Å². The lowest BCUT2D eigenvalue weighted by Gasteiger charge is -2.23. The minimum absolute atomic E-state index is 0.0871. The molecular formula is C12H17ClN2O3S. The van der Waals surface area contributed by atoms with E-state index in [9.17, 15) is 8.42 Å². The summed E-state index contributed by atoms with van der Waals surface area (Å²) in [6, 6.07) is 2.83. The molecule has 5 nitrogen and oxygen atoms in total. The molecule has 1 aromatic rings. The normalized spacial score (nSPS) is 17.6. The lowest BCUT2D eigenvalue weighted by atomic mass is 10.1. The van der Waals surface area contributed by atoms with Crippen LogP contribution in [0.2, 0.25) is 5.02 Å². The molecule has 0 saturated carbocycles. The van der Waals surface area contributed by atoms with Crippen LogP contribution in [0, 0.1) is 6.92 Å². The van der Waals surface area contributed by atoms with E-state index in [4.69, 9.17) is 22.1 Å². The Bertz CT molecular complexity index is 545. The monoisotopic (exact) mass is 304 g/mol. The van der Waals surface area contributed by atoms with Crippen LogP contribution in [-0.2, 0) is 14.8 Å². The van der Waals surface area contributed by atoms with Gasteiger partial charge in [0.1, 0.15) is 0 Å². The molecule has 0 spiro atoms. The van der Waals surface area contributed by atoms with Crippen molar-refractivity contribution in [1.82, 2.24) is 4.72 Å². The number of nitrogens with one attached hydrogen (secondary N) is 1. The van der Waals surface area contributed by atoms with E-state index in [2.05, 4.69) is 4.72 Å². The van der Waals surface area contributed by atoms with Crippen LogP contribution in [0.25, 0.3) is 0 Å². The molecule has 0 amide bonds. The molecule has 1 heterocycles. The van der Waals surface area contributed by atoms with Crippen LogP contribution in [0.15, 0.2) is 17.0 Å². The summed E-state index contributed by atoms with van der Waals surface area (Å²) in [6.07, 6.45) is 1.36. The maximum absolute atomic E-state index is 12.3. The summed E-state index contributed by atoms with van der Waals surface area (Å²) in [5.74, 6) is 0. The molecule has 0 aliphatic carbocycles. The lowest BCUT2D eigenvalue weighted by molar-refractivity contribution is 0.0832. The molecule has 7 heteroatoms. The quantitative estimate of drug-likeness (QED) is 0.833. The van der Waals surface area contributed by atoms with Crippen molar-refractivity contribution >= 4 is 27.3 Å². The number of hydrogen-bond acceptors (Lipinski definition) is 4. The fourth-order valence-electron chi connectivity index (χ4n) is 2.02. The Hall–Kier alpha value is -0.820. The van der Waals surface area contributed by atoms with Gasteiger partial charge in [0.25, 0.3) is 0 Å². The average Bonchev–Trinajstić information content (AvgIpc) is 2.36. The van der Waals surface area contributed by atoms with E-state index in [1.807, 2.05) is 0 Å². The van der Waals surface area contributed by atoms with Gasteiger partial charge in [0.05, 0.1) is 15.6 Å². The molecule has 1 aliphatic heterocycles. The number of benzene rings is 1. The molecule has 0 atom stereocenters. The van der Waals surface area contributed by atoms with Crippen LogP contribution >= 0.6 is 11.6 Å². The van der Waals surface area contributed by atoms with Crippen LogP contribution in [0.5, 0.6) is 0 Å². The number of halogens is 1. The van der Waals surface area contributed by atoms with Crippen molar-refractivity contribution in [3.05, 3.63) is 22.7 Å². The van der Waals surface area contributed by atoms with Crippen molar-refractivity contribution in [3.63, 3.8) is 0 Å². The van der Waals surface area contributed by atoms with Gasteiger partial charge >= 0.3 is 0 Å². The molecule has 3 N–H and O–H groups in total. The number of rotatable bonds is 3. The van der Waals surface area contributed by atoms with E-state index in [1.54, 1.807) is 6.92 Å². The number of ether oxygens (including phenoxy) is 1. The van der Waals surface area contributed by atoms with Crippen molar-refractivity contribution in [2.75, 3.05) is 18.9 Å². The molecule has 19 heavy (non-hydrogen) atoms. The molecule has 2 rings (SSSR count). The molecule has 1 fully saturated rings. The third-order valence-corrected chi connectivity index (χ3v) is 5.13. The van der Waals surface area contributed by atoms with Crippen molar-refractivity contribution in [2.45, 2.75) is 30.7 Å². The van der Waals surface area contributed by atoms with Gasteiger partial charge in [-0.1, -0.05) is 11.6 Å². The van der Waals surface area contributed by atoms with Crippen molar-refractivity contribution in [2.24, 2.45) is 0 Å². The molecule has 0 bridgehead atoms. The Kier molecular flexibility index (Phi) is 4.35. The number of hydrogen-bond donors (Lipinski definition) is 2. The van der Waals surface area contributed by atoms with Crippen LogP contribution < -0.4 is 10.5 Å². The Morgan fingerprint density at radius 1 is 1.37 bits per heavy atom. The van der Waals surface area contributed by atoms with E-state index >= 15 is 0 Å². The first-order valence-electron chi connectivity index (χ1n) is 6.06. The third kappa shape index (κ3) is 3.39. The number of sulfonamides is 1. The van der Waals surface area contributed by atoms with Crippen molar-refractivity contribution < 1.29 is 13.2 Å². The largest absolute Gasteiger partial charge is 0.397 e. The van der Waals surface area contributed by atoms with Crippen LogP contribution in [0.1, 0.15) is 18.4 Å². The Morgan fingerprint density at radius 2 is 2.00 bits per heavy atom. The zero-order valence-electron chi connectivity index (χ0n) is 10.6. The number of nitrogens with two attached hydrogens (primary N) is 1. The summed E-state index contributed by atoms with van der Waals surface area (Å²) < 4.78 is 32.4. The van der Waals surface area contributed by atoms with Crippen LogP contribution in [0.4, 0.5) is 5.69 Å². The van der Waals surface area contributed by atoms with E-state index in [1.165, 1.54) is 12.1 Å². The molecule has 106 valence electrons. The zero-order chi connectivity index (χ0) is 14.0. The number of anilines is 1. The second kappa shape index (κ2) is 5.66. The number of aryl methyl sites for hydroxylation is 1. The highest BCUT2D eigenvalue weighted by Crippen LogP contribution is 2.27. The first kappa shape index (κ1) is 14.6. The van der Waals surface area contributed by atoms with Crippen LogP contribution in [-0.4, -0.2) is 27.7 Å². The van der Waals surface area contributed by atoms with Crippen molar-refractivity contribution in [3.8, 4) is 0 Å². The molecule has 0 radical (unpaired) electrons. The average molecular weight is 305 g/mol. The Balaban J connectivity index is 2.24. The maximum atomic E-state index is 12.3. The predicted octanol–water partition coefficient (Wildman–Crippen LogP) is 1.69.